The van der Waals surface area contributed by atoms with Crippen LogP contribution in [0.4, 0.5) is 0 Å². The van der Waals surface area contributed by atoms with Gasteiger partial charge >= 0.3 is 0 Å². The van der Waals surface area contributed by atoms with Crippen LogP contribution in [-0.4, -0.2) is 16.4 Å². The normalized spacial score (nSPS) is 21.3. The molecule has 4 heteroatoms. The van der Waals surface area contributed by atoms with Gasteiger partial charge in [0.1, 0.15) is 5.75 Å². The fourth-order valence-electron chi connectivity index (χ4n) is 3.36. The Hall–Kier alpha value is -1.81. The molecule has 0 N–H and O–H groups in total. The van der Waals surface area contributed by atoms with Crippen molar-refractivity contribution in [2.24, 2.45) is 5.10 Å². The van der Waals surface area contributed by atoms with Crippen LogP contribution in [0.25, 0.3) is 0 Å². The fraction of sp³-hybridized carbons (Fsp3) is 0.316. The van der Waals surface area contributed by atoms with Crippen LogP contribution in [0.3, 0.4) is 0 Å². The van der Waals surface area contributed by atoms with Crippen molar-refractivity contribution in [3.8, 4) is 5.75 Å². The molecule has 4 rings (SSSR count). The summed E-state index contributed by atoms with van der Waals surface area (Å²) < 4.78 is 7.26. The van der Waals surface area contributed by atoms with Crippen LogP contribution in [-0.2, 0) is 0 Å². The van der Waals surface area contributed by atoms with Crippen LogP contribution < -0.4 is 4.74 Å². The van der Waals surface area contributed by atoms with Crippen LogP contribution in [0.2, 0.25) is 0 Å². The third-order valence-corrected chi connectivity index (χ3v) is 5.03. The molecule has 0 amide bonds. The largest absolute Gasteiger partial charge is 0.467 e. The Labute approximate surface area is 145 Å². The molecule has 2 aliphatic rings. The SMILES string of the molecule is Cc1ccc(C2=NN3C(C2)c2cc(Br)ccc2OC3(C)C)cc1. The lowest BCUT2D eigenvalue weighted by Crippen LogP contribution is -2.48. The number of hydrogen-bond acceptors (Lipinski definition) is 3. The summed E-state index contributed by atoms with van der Waals surface area (Å²) in [6.07, 6.45) is 0.902. The minimum absolute atomic E-state index is 0.225. The molecule has 3 nitrogen and oxygen atoms in total. The maximum Gasteiger partial charge on any atom is 0.192 e. The van der Waals surface area contributed by atoms with Gasteiger partial charge in [-0.3, -0.25) is 0 Å². The van der Waals surface area contributed by atoms with E-state index in [0.717, 1.165) is 22.4 Å². The number of hydrazone groups is 1. The van der Waals surface area contributed by atoms with Gasteiger partial charge in [-0.1, -0.05) is 45.8 Å². The van der Waals surface area contributed by atoms with E-state index in [4.69, 9.17) is 9.84 Å². The van der Waals surface area contributed by atoms with Crippen molar-refractivity contribution in [3.63, 3.8) is 0 Å². The van der Waals surface area contributed by atoms with Gasteiger partial charge in [-0.2, -0.15) is 5.10 Å². The zero-order valence-electron chi connectivity index (χ0n) is 13.5. The highest BCUT2D eigenvalue weighted by Crippen LogP contribution is 2.47. The predicted octanol–water partition coefficient (Wildman–Crippen LogP) is 5.04. The lowest BCUT2D eigenvalue weighted by Gasteiger charge is -2.43. The molecular weight excluding hydrogens is 352 g/mol. The van der Waals surface area contributed by atoms with Gasteiger partial charge in [-0.05, 0) is 44.5 Å². The van der Waals surface area contributed by atoms with Gasteiger partial charge in [-0.25, -0.2) is 5.01 Å². The van der Waals surface area contributed by atoms with E-state index >= 15 is 0 Å². The van der Waals surface area contributed by atoms with E-state index in [1.54, 1.807) is 0 Å². The van der Waals surface area contributed by atoms with Crippen molar-refractivity contribution in [2.45, 2.75) is 39.0 Å². The maximum atomic E-state index is 6.19. The van der Waals surface area contributed by atoms with Crippen molar-refractivity contribution in [1.82, 2.24) is 5.01 Å². The Bertz CT molecular complexity index is 796. The Morgan fingerprint density at radius 1 is 1.17 bits per heavy atom. The maximum absolute atomic E-state index is 6.19. The molecule has 0 aromatic heterocycles. The Balaban J connectivity index is 1.77. The van der Waals surface area contributed by atoms with Crippen LogP contribution in [0, 0.1) is 6.92 Å². The highest BCUT2D eigenvalue weighted by Gasteiger charge is 2.44. The summed E-state index contributed by atoms with van der Waals surface area (Å²) in [7, 11) is 0. The first-order valence-electron chi connectivity index (χ1n) is 7.86. The molecule has 0 fully saturated rings. The van der Waals surface area contributed by atoms with Gasteiger partial charge in [0.25, 0.3) is 0 Å². The number of ether oxygens (including phenoxy) is 1. The quantitative estimate of drug-likeness (QED) is 0.702. The van der Waals surface area contributed by atoms with Crippen molar-refractivity contribution in [3.05, 3.63) is 63.6 Å². The molecular formula is C19H19BrN2O. The van der Waals surface area contributed by atoms with Gasteiger partial charge in [0.05, 0.1) is 11.8 Å². The lowest BCUT2D eigenvalue weighted by molar-refractivity contribution is -0.0911. The molecule has 0 saturated heterocycles. The first kappa shape index (κ1) is 14.8. The number of halogens is 1. The third-order valence-electron chi connectivity index (χ3n) is 4.54. The number of benzene rings is 2. The second-order valence-corrected chi connectivity index (χ2v) is 7.62. The monoisotopic (exact) mass is 370 g/mol. The second-order valence-electron chi connectivity index (χ2n) is 6.71. The second kappa shape index (κ2) is 5.10. The zero-order chi connectivity index (χ0) is 16.2. The molecule has 1 unspecified atom stereocenters. The summed E-state index contributed by atoms with van der Waals surface area (Å²) in [6, 6.07) is 15.0. The minimum Gasteiger partial charge on any atom is -0.467 e. The summed E-state index contributed by atoms with van der Waals surface area (Å²) in [6.45, 7) is 6.26. The van der Waals surface area contributed by atoms with E-state index in [1.807, 2.05) is 12.1 Å². The van der Waals surface area contributed by atoms with E-state index < -0.39 is 5.72 Å². The molecule has 2 aliphatic heterocycles. The Kier molecular flexibility index (Phi) is 3.27. The molecule has 2 aromatic rings. The molecule has 0 bridgehead atoms. The molecule has 2 heterocycles. The van der Waals surface area contributed by atoms with Crippen LogP contribution >= 0.6 is 15.9 Å². The van der Waals surface area contributed by atoms with Crippen LogP contribution in [0.1, 0.15) is 43.0 Å². The molecule has 0 aliphatic carbocycles. The molecule has 0 radical (unpaired) electrons. The molecule has 0 spiro atoms. The number of aryl methyl sites for hydroxylation is 1. The molecule has 1 atom stereocenters. The number of nitrogens with zero attached hydrogens (tertiary/aromatic N) is 2. The average Bonchev–Trinajstić information content (AvgIpc) is 2.95. The summed E-state index contributed by atoms with van der Waals surface area (Å²) in [5.41, 5.74) is 4.34. The van der Waals surface area contributed by atoms with E-state index in [9.17, 15) is 0 Å². The molecule has 23 heavy (non-hydrogen) atoms. The van der Waals surface area contributed by atoms with Gasteiger partial charge in [0.2, 0.25) is 0 Å². The lowest BCUT2D eigenvalue weighted by atomic mass is 9.95. The number of rotatable bonds is 1. The van der Waals surface area contributed by atoms with Crippen LogP contribution in [0.5, 0.6) is 5.75 Å². The molecule has 118 valence electrons. The van der Waals surface area contributed by atoms with Gasteiger partial charge in [-0.15, -0.1) is 0 Å². The topological polar surface area (TPSA) is 24.8 Å². The van der Waals surface area contributed by atoms with Crippen molar-refractivity contribution < 1.29 is 4.74 Å². The minimum atomic E-state index is -0.446. The van der Waals surface area contributed by atoms with E-state index in [2.05, 4.69) is 72.0 Å². The van der Waals surface area contributed by atoms with Crippen molar-refractivity contribution in [2.75, 3.05) is 0 Å². The average molecular weight is 371 g/mol. The number of fused-ring (bicyclic) bond motifs is 3. The summed E-state index contributed by atoms with van der Waals surface area (Å²) in [5, 5.41) is 7.01. The van der Waals surface area contributed by atoms with Gasteiger partial charge < -0.3 is 4.74 Å². The Morgan fingerprint density at radius 3 is 2.65 bits per heavy atom. The highest BCUT2D eigenvalue weighted by molar-refractivity contribution is 9.10. The van der Waals surface area contributed by atoms with Gasteiger partial charge in [0.15, 0.2) is 5.72 Å². The summed E-state index contributed by atoms with van der Waals surface area (Å²) >= 11 is 3.57. The predicted molar refractivity (Wildman–Crippen MR) is 95.8 cm³/mol. The van der Waals surface area contributed by atoms with E-state index in [-0.39, 0.29) is 6.04 Å². The standard InChI is InChI=1S/C19H19BrN2O/c1-12-4-6-13(7-5-12)16-11-17-15-10-14(20)8-9-18(15)23-19(2,3)22(17)21-16/h4-10,17H,11H2,1-3H3. The molecule has 2 aromatic carbocycles. The van der Waals surface area contributed by atoms with Crippen molar-refractivity contribution in [1.29, 1.82) is 0 Å². The van der Waals surface area contributed by atoms with Crippen LogP contribution in [0.15, 0.2) is 52.0 Å². The summed E-state index contributed by atoms with van der Waals surface area (Å²) in [5.74, 6) is 0.958. The summed E-state index contributed by atoms with van der Waals surface area (Å²) in [4.78, 5) is 0. The molecule has 0 saturated carbocycles. The van der Waals surface area contributed by atoms with Gasteiger partial charge in [0, 0.05) is 16.5 Å². The highest BCUT2D eigenvalue weighted by atomic mass is 79.9. The smallest absolute Gasteiger partial charge is 0.192 e. The number of hydrogen-bond donors (Lipinski definition) is 0. The fourth-order valence-corrected chi connectivity index (χ4v) is 3.74. The Morgan fingerprint density at radius 2 is 1.91 bits per heavy atom. The first-order valence-corrected chi connectivity index (χ1v) is 8.66. The zero-order valence-corrected chi connectivity index (χ0v) is 15.1. The van der Waals surface area contributed by atoms with E-state index in [0.29, 0.717) is 0 Å². The van der Waals surface area contributed by atoms with E-state index in [1.165, 1.54) is 16.7 Å². The third kappa shape index (κ3) is 2.45. The van der Waals surface area contributed by atoms with Crippen molar-refractivity contribution >= 4 is 21.6 Å². The first-order chi connectivity index (χ1) is 10.9.